The number of aliphatic hydroxyl groups excluding tert-OH is 1. The zero-order valence-electron chi connectivity index (χ0n) is 10.7. The van der Waals surface area contributed by atoms with Crippen molar-refractivity contribution in [3.63, 3.8) is 0 Å². The second-order valence-electron chi connectivity index (χ2n) is 5.07. The van der Waals surface area contributed by atoms with Crippen LogP contribution in [0.15, 0.2) is 30.5 Å². The first-order chi connectivity index (χ1) is 9.28. The number of aryl methyl sites for hydroxylation is 1. The number of aliphatic hydroxyl groups is 1. The summed E-state index contributed by atoms with van der Waals surface area (Å²) < 4.78 is 2.21. The second-order valence-corrected chi connectivity index (χ2v) is 5.51. The van der Waals surface area contributed by atoms with E-state index in [4.69, 9.17) is 11.6 Å². The maximum absolute atomic E-state index is 9.52. The van der Waals surface area contributed by atoms with E-state index in [9.17, 15) is 5.11 Å². The Balaban J connectivity index is 1.92. The summed E-state index contributed by atoms with van der Waals surface area (Å²) in [4.78, 5) is 4.53. The highest BCUT2D eigenvalue weighted by atomic mass is 35.5. The van der Waals surface area contributed by atoms with Crippen LogP contribution in [0.3, 0.4) is 0 Å². The largest absolute Gasteiger partial charge is 0.394 e. The summed E-state index contributed by atoms with van der Waals surface area (Å²) in [6.07, 6.45) is 5.92. The predicted octanol–water partition coefficient (Wildman–Crippen LogP) is 3.00. The number of aromatic nitrogens is 2. The van der Waals surface area contributed by atoms with Gasteiger partial charge in [-0.3, -0.25) is 0 Å². The minimum Gasteiger partial charge on any atom is -0.394 e. The molecule has 0 spiro atoms. The van der Waals surface area contributed by atoms with Crippen molar-refractivity contribution >= 4 is 11.6 Å². The van der Waals surface area contributed by atoms with E-state index >= 15 is 0 Å². The smallest absolute Gasteiger partial charge is 0.113 e. The van der Waals surface area contributed by atoms with Crippen molar-refractivity contribution in [3.05, 3.63) is 52.6 Å². The van der Waals surface area contributed by atoms with Gasteiger partial charge in [0.25, 0.3) is 0 Å². The summed E-state index contributed by atoms with van der Waals surface area (Å²) in [7, 11) is 0. The van der Waals surface area contributed by atoms with Crippen LogP contribution >= 0.6 is 11.6 Å². The number of rotatable bonds is 3. The van der Waals surface area contributed by atoms with Crippen LogP contribution in [0, 0.1) is 0 Å². The molecule has 0 radical (unpaired) electrons. The van der Waals surface area contributed by atoms with E-state index in [0.29, 0.717) is 0 Å². The Morgan fingerprint density at radius 2 is 2.32 bits per heavy atom. The number of hydrogen-bond acceptors (Lipinski definition) is 2. The van der Waals surface area contributed by atoms with E-state index in [-0.39, 0.29) is 12.6 Å². The fourth-order valence-electron chi connectivity index (χ4n) is 2.85. The molecule has 0 fully saturated rings. The van der Waals surface area contributed by atoms with E-state index < -0.39 is 0 Å². The van der Waals surface area contributed by atoms with Crippen molar-refractivity contribution in [3.8, 4) is 0 Å². The number of imidazole rings is 1. The van der Waals surface area contributed by atoms with E-state index in [2.05, 4.69) is 15.6 Å². The third kappa shape index (κ3) is 2.53. The highest BCUT2D eigenvalue weighted by molar-refractivity contribution is 6.30. The first-order valence-electron chi connectivity index (χ1n) is 6.68. The Morgan fingerprint density at radius 1 is 1.42 bits per heavy atom. The van der Waals surface area contributed by atoms with Gasteiger partial charge in [-0.2, -0.15) is 0 Å². The van der Waals surface area contributed by atoms with Gasteiger partial charge in [0.05, 0.1) is 12.6 Å². The molecule has 1 aliphatic heterocycles. The summed E-state index contributed by atoms with van der Waals surface area (Å²) in [6, 6.07) is 8.05. The lowest BCUT2D eigenvalue weighted by molar-refractivity contribution is 0.204. The van der Waals surface area contributed by atoms with Gasteiger partial charge >= 0.3 is 0 Å². The van der Waals surface area contributed by atoms with E-state index in [0.717, 1.165) is 42.1 Å². The van der Waals surface area contributed by atoms with Crippen LogP contribution in [0.4, 0.5) is 0 Å². The third-order valence-corrected chi connectivity index (χ3v) is 3.98. The molecule has 0 saturated carbocycles. The minimum absolute atomic E-state index is 0.181. The average Bonchev–Trinajstić information content (AvgIpc) is 2.82. The van der Waals surface area contributed by atoms with Crippen molar-refractivity contribution in [2.24, 2.45) is 0 Å². The third-order valence-electron chi connectivity index (χ3n) is 3.75. The lowest BCUT2D eigenvalue weighted by atomic mass is 10.0. The Labute approximate surface area is 117 Å². The minimum atomic E-state index is 0.181. The van der Waals surface area contributed by atoms with Gasteiger partial charge < -0.3 is 9.67 Å². The average molecular weight is 277 g/mol. The SMILES string of the molecule is OCC1CCCc2cnc(Cc3cccc(Cl)c3)n21. The van der Waals surface area contributed by atoms with Crippen LogP contribution < -0.4 is 0 Å². The zero-order valence-corrected chi connectivity index (χ0v) is 11.5. The van der Waals surface area contributed by atoms with Crippen molar-refractivity contribution < 1.29 is 5.11 Å². The second kappa shape index (κ2) is 5.35. The number of nitrogens with zero attached hydrogens (tertiary/aromatic N) is 2. The van der Waals surface area contributed by atoms with E-state index in [1.54, 1.807) is 0 Å². The molecule has 1 aromatic carbocycles. The monoisotopic (exact) mass is 276 g/mol. The maximum atomic E-state index is 9.52. The molecule has 1 unspecified atom stereocenters. The van der Waals surface area contributed by atoms with E-state index in [1.165, 1.54) is 5.69 Å². The zero-order chi connectivity index (χ0) is 13.2. The molecule has 3 nitrogen and oxygen atoms in total. The Bertz CT molecular complexity index is 579. The number of halogens is 1. The molecule has 0 aliphatic carbocycles. The summed E-state index contributed by atoms with van der Waals surface area (Å²) in [6.45, 7) is 0.186. The summed E-state index contributed by atoms with van der Waals surface area (Å²) >= 11 is 6.02. The van der Waals surface area contributed by atoms with E-state index in [1.807, 2.05) is 24.4 Å². The maximum Gasteiger partial charge on any atom is 0.113 e. The van der Waals surface area contributed by atoms with Gasteiger partial charge in [-0.05, 0) is 37.0 Å². The summed E-state index contributed by atoms with van der Waals surface area (Å²) in [5.41, 5.74) is 2.39. The molecule has 0 bridgehead atoms. The lowest BCUT2D eigenvalue weighted by Gasteiger charge is -2.25. The standard InChI is InChI=1S/C15H17ClN2O/c16-12-4-1-3-11(7-12)8-15-17-9-13-5-2-6-14(10-19)18(13)15/h1,3-4,7,9,14,19H,2,5-6,8,10H2. The highest BCUT2D eigenvalue weighted by Crippen LogP contribution is 2.27. The quantitative estimate of drug-likeness (QED) is 0.936. The van der Waals surface area contributed by atoms with Crippen LogP contribution in [0.2, 0.25) is 5.02 Å². The van der Waals surface area contributed by atoms with Gasteiger partial charge in [0, 0.05) is 23.3 Å². The predicted molar refractivity (Wildman–Crippen MR) is 75.5 cm³/mol. The molecule has 19 heavy (non-hydrogen) atoms. The Kier molecular flexibility index (Phi) is 3.58. The highest BCUT2D eigenvalue weighted by Gasteiger charge is 2.22. The molecular formula is C15H17ClN2O. The molecule has 1 aromatic heterocycles. The first kappa shape index (κ1) is 12.7. The van der Waals surface area contributed by atoms with Gasteiger partial charge in [0.15, 0.2) is 0 Å². The van der Waals surface area contributed by atoms with Crippen LogP contribution in [0.5, 0.6) is 0 Å². The molecule has 0 saturated heterocycles. The molecule has 1 aliphatic rings. The Hall–Kier alpha value is -1.32. The molecule has 1 atom stereocenters. The number of hydrogen-bond donors (Lipinski definition) is 1. The van der Waals surface area contributed by atoms with Crippen LogP contribution in [-0.2, 0) is 12.8 Å². The van der Waals surface area contributed by atoms with Crippen molar-refractivity contribution in [1.82, 2.24) is 9.55 Å². The molecule has 100 valence electrons. The molecule has 2 aromatic rings. The molecule has 3 rings (SSSR count). The van der Waals surface area contributed by atoms with Gasteiger partial charge in [-0.15, -0.1) is 0 Å². The van der Waals surface area contributed by atoms with Gasteiger partial charge in [-0.25, -0.2) is 4.98 Å². The van der Waals surface area contributed by atoms with Crippen molar-refractivity contribution in [1.29, 1.82) is 0 Å². The summed E-state index contributed by atoms with van der Waals surface area (Å²) in [5.74, 6) is 1.02. The van der Waals surface area contributed by atoms with Crippen LogP contribution in [0.25, 0.3) is 0 Å². The van der Waals surface area contributed by atoms with Crippen molar-refractivity contribution in [2.45, 2.75) is 31.7 Å². The normalized spacial score (nSPS) is 18.3. The topological polar surface area (TPSA) is 38.1 Å². The van der Waals surface area contributed by atoms with Crippen LogP contribution in [0.1, 0.15) is 36.0 Å². The van der Waals surface area contributed by atoms with Gasteiger partial charge in [-0.1, -0.05) is 23.7 Å². The lowest BCUT2D eigenvalue weighted by Crippen LogP contribution is -2.22. The van der Waals surface area contributed by atoms with Gasteiger partial charge in [0.2, 0.25) is 0 Å². The van der Waals surface area contributed by atoms with Gasteiger partial charge in [0.1, 0.15) is 5.82 Å². The number of fused-ring (bicyclic) bond motifs is 1. The van der Waals surface area contributed by atoms with Crippen molar-refractivity contribution in [2.75, 3.05) is 6.61 Å². The first-order valence-corrected chi connectivity index (χ1v) is 7.06. The van der Waals surface area contributed by atoms with Crippen LogP contribution in [-0.4, -0.2) is 21.3 Å². The molecule has 1 N–H and O–H groups in total. The molecule has 0 amide bonds. The molecule has 4 heteroatoms. The number of benzene rings is 1. The Morgan fingerprint density at radius 3 is 3.11 bits per heavy atom. The molecule has 2 heterocycles. The fourth-order valence-corrected chi connectivity index (χ4v) is 3.06. The fraction of sp³-hybridized carbons (Fsp3) is 0.400. The molecular weight excluding hydrogens is 260 g/mol. The summed E-state index contributed by atoms with van der Waals surface area (Å²) in [5, 5.41) is 10.3.